The molecule has 0 fully saturated rings. The summed E-state index contributed by atoms with van der Waals surface area (Å²) in [7, 11) is 0. The van der Waals surface area contributed by atoms with Gasteiger partial charge in [-0.3, -0.25) is 4.79 Å². The van der Waals surface area contributed by atoms with Crippen LogP contribution in [0.25, 0.3) is 0 Å². The van der Waals surface area contributed by atoms with E-state index < -0.39 is 0 Å². The highest BCUT2D eigenvalue weighted by Crippen LogP contribution is 2.09. The van der Waals surface area contributed by atoms with Crippen LogP contribution < -0.4 is 16.4 Å². The average Bonchev–Trinajstić information content (AvgIpc) is 2.41. The first kappa shape index (κ1) is 17.8. The largest absolute Gasteiger partial charge is 0.370 e. The molecule has 0 aromatic heterocycles. The molecule has 5 heteroatoms. The van der Waals surface area contributed by atoms with Crippen molar-refractivity contribution in [3.8, 4) is 0 Å². The zero-order chi connectivity index (χ0) is 16.8. The third-order valence-corrected chi connectivity index (χ3v) is 2.68. The van der Waals surface area contributed by atoms with Gasteiger partial charge in [-0.2, -0.15) is 0 Å². The minimum Gasteiger partial charge on any atom is -0.370 e. The molecule has 0 bridgehead atoms. The zero-order valence-corrected chi connectivity index (χ0v) is 13.9. The molecule has 0 aliphatic carbocycles. The fourth-order valence-electron chi connectivity index (χ4n) is 1.70. The first-order valence-corrected chi connectivity index (χ1v) is 7.27. The van der Waals surface area contributed by atoms with Crippen LogP contribution in [0.2, 0.25) is 0 Å². The van der Waals surface area contributed by atoms with Gasteiger partial charge in [0.25, 0.3) is 5.91 Å². The van der Waals surface area contributed by atoms with Gasteiger partial charge in [-0.25, -0.2) is 4.99 Å². The predicted octanol–water partition coefficient (Wildman–Crippen LogP) is 2.20. The van der Waals surface area contributed by atoms with E-state index in [1.54, 1.807) is 6.07 Å². The van der Waals surface area contributed by atoms with Crippen LogP contribution in [0, 0.1) is 0 Å². The Labute approximate surface area is 132 Å². The molecule has 22 heavy (non-hydrogen) atoms. The standard InChI is InChI=1S/C17H26N4O/c1-12(2)10-19-16(18)20-11-13-7-6-8-14(9-13)15(22)21-17(3,4)5/h6-9H,1,10-11H2,2-5H3,(H,21,22)(H3,18,19,20). The number of hydrogen-bond donors (Lipinski definition) is 3. The molecule has 0 atom stereocenters. The number of carbonyl (C=O) groups is 1. The molecule has 4 N–H and O–H groups in total. The van der Waals surface area contributed by atoms with Crippen LogP contribution in [-0.4, -0.2) is 24.0 Å². The van der Waals surface area contributed by atoms with Crippen molar-refractivity contribution in [3.63, 3.8) is 0 Å². The minimum absolute atomic E-state index is 0.0910. The van der Waals surface area contributed by atoms with Crippen molar-refractivity contribution in [2.75, 3.05) is 6.54 Å². The smallest absolute Gasteiger partial charge is 0.251 e. The molecule has 0 aliphatic rings. The lowest BCUT2D eigenvalue weighted by Crippen LogP contribution is -2.40. The Kier molecular flexibility index (Phi) is 6.16. The topological polar surface area (TPSA) is 79.5 Å². The predicted molar refractivity (Wildman–Crippen MR) is 91.8 cm³/mol. The monoisotopic (exact) mass is 302 g/mol. The molecule has 0 aliphatic heterocycles. The van der Waals surface area contributed by atoms with E-state index >= 15 is 0 Å². The number of amides is 1. The van der Waals surface area contributed by atoms with Crippen molar-refractivity contribution in [2.24, 2.45) is 10.7 Å². The minimum atomic E-state index is -0.262. The molecule has 1 aromatic carbocycles. The van der Waals surface area contributed by atoms with Gasteiger partial charge in [0, 0.05) is 17.6 Å². The lowest BCUT2D eigenvalue weighted by Gasteiger charge is -2.20. The lowest BCUT2D eigenvalue weighted by atomic mass is 10.1. The number of guanidine groups is 1. The molecule has 0 unspecified atom stereocenters. The van der Waals surface area contributed by atoms with Gasteiger partial charge in [-0.15, -0.1) is 0 Å². The number of hydrogen-bond acceptors (Lipinski definition) is 2. The molecule has 1 aromatic rings. The van der Waals surface area contributed by atoms with Gasteiger partial charge < -0.3 is 16.4 Å². The fourth-order valence-corrected chi connectivity index (χ4v) is 1.70. The van der Waals surface area contributed by atoms with Gasteiger partial charge in [0.1, 0.15) is 0 Å². The van der Waals surface area contributed by atoms with E-state index in [0.717, 1.165) is 11.1 Å². The van der Waals surface area contributed by atoms with Crippen LogP contribution >= 0.6 is 0 Å². The number of rotatable bonds is 5. The summed E-state index contributed by atoms with van der Waals surface area (Å²) in [6, 6.07) is 7.39. The molecule has 0 radical (unpaired) electrons. The van der Waals surface area contributed by atoms with E-state index in [0.29, 0.717) is 24.6 Å². The highest BCUT2D eigenvalue weighted by atomic mass is 16.1. The summed E-state index contributed by atoms with van der Waals surface area (Å²) in [5.74, 6) is 0.277. The second-order valence-electron chi connectivity index (χ2n) is 6.42. The van der Waals surface area contributed by atoms with Crippen molar-refractivity contribution in [2.45, 2.75) is 39.8 Å². The van der Waals surface area contributed by atoms with Gasteiger partial charge in [-0.05, 0) is 45.4 Å². The summed E-state index contributed by atoms with van der Waals surface area (Å²) in [5, 5.41) is 5.91. The number of nitrogens with zero attached hydrogens (tertiary/aromatic N) is 1. The molecular formula is C17H26N4O. The molecule has 0 spiro atoms. The summed E-state index contributed by atoms with van der Waals surface area (Å²) in [6.45, 7) is 12.6. The SMILES string of the molecule is C=C(C)CNC(N)=NCc1cccc(C(=O)NC(C)(C)C)c1. The van der Waals surface area contributed by atoms with Crippen LogP contribution in [0.15, 0.2) is 41.4 Å². The maximum absolute atomic E-state index is 12.1. The van der Waals surface area contributed by atoms with Crippen molar-refractivity contribution < 1.29 is 4.79 Å². The van der Waals surface area contributed by atoms with E-state index in [1.807, 2.05) is 45.9 Å². The van der Waals surface area contributed by atoms with Gasteiger partial charge in [-0.1, -0.05) is 24.3 Å². The van der Waals surface area contributed by atoms with Crippen LogP contribution in [0.1, 0.15) is 43.6 Å². The van der Waals surface area contributed by atoms with Crippen LogP contribution in [0.4, 0.5) is 0 Å². The number of aliphatic imine (C=N–C) groups is 1. The van der Waals surface area contributed by atoms with Crippen LogP contribution in [0.3, 0.4) is 0 Å². The zero-order valence-electron chi connectivity index (χ0n) is 13.9. The number of benzene rings is 1. The van der Waals surface area contributed by atoms with Gasteiger partial charge in [0.2, 0.25) is 0 Å². The Hall–Kier alpha value is -2.30. The molecular weight excluding hydrogens is 276 g/mol. The first-order chi connectivity index (χ1) is 10.2. The second-order valence-corrected chi connectivity index (χ2v) is 6.42. The van der Waals surface area contributed by atoms with Crippen molar-refractivity contribution in [1.29, 1.82) is 0 Å². The number of nitrogens with two attached hydrogens (primary N) is 1. The van der Waals surface area contributed by atoms with E-state index in [1.165, 1.54) is 0 Å². The van der Waals surface area contributed by atoms with E-state index in [-0.39, 0.29) is 11.4 Å². The first-order valence-electron chi connectivity index (χ1n) is 7.27. The number of nitrogens with one attached hydrogen (secondary N) is 2. The molecule has 1 amide bonds. The Morgan fingerprint density at radius 2 is 2.05 bits per heavy atom. The van der Waals surface area contributed by atoms with E-state index in [9.17, 15) is 4.79 Å². The Bertz CT molecular complexity index is 570. The molecule has 0 saturated carbocycles. The van der Waals surface area contributed by atoms with E-state index in [4.69, 9.17) is 5.73 Å². The van der Waals surface area contributed by atoms with Gasteiger partial charge >= 0.3 is 0 Å². The maximum atomic E-state index is 12.1. The average molecular weight is 302 g/mol. The van der Waals surface area contributed by atoms with Crippen LogP contribution in [0.5, 0.6) is 0 Å². The van der Waals surface area contributed by atoms with Gasteiger partial charge in [0.05, 0.1) is 6.54 Å². The quantitative estimate of drug-likeness (QED) is 0.443. The summed E-state index contributed by atoms with van der Waals surface area (Å²) in [6.07, 6.45) is 0. The molecule has 120 valence electrons. The lowest BCUT2D eigenvalue weighted by molar-refractivity contribution is 0.0919. The van der Waals surface area contributed by atoms with Crippen molar-refractivity contribution in [1.82, 2.24) is 10.6 Å². The molecule has 5 nitrogen and oxygen atoms in total. The van der Waals surface area contributed by atoms with Crippen LogP contribution in [-0.2, 0) is 6.54 Å². The summed E-state index contributed by atoms with van der Waals surface area (Å²) in [4.78, 5) is 16.4. The maximum Gasteiger partial charge on any atom is 0.251 e. The Balaban J connectivity index is 2.70. The summed E-state index contributed by atoms with van der Waals surface area (Å²) < 4.78 is 0. The third-order valence-electron chi connectivity index (χ3n) is 2.68. The van der Waals surface area contributed by atoms with Crippen molar-refractivity contribution >= 4 is 11.9 Å². The van der Waals surface area contributed by atoms with Gasteiger partial charge in [0.15, 0.2) is 5.96 Å². The number of carbonyl (C=O) groups excluding carboxylic acids is 1. The normalized spacial score (nSPS) is 11.9. The molecule has 0 heterocycles. The van der Waals surface area contributed by atoms with E-state index in [2.05, 4.69) is 22.2 Å². The third kappa shape index (κ3) is 6.92. The highest BCUT2D eigenvalue weighted by molar-refractivity contribution is 5.94. The summed E-state index contributed by atoms with van der Waals surface area (Å²) >= 11 is 0. The molecule has 0 saturated heterocycles. The fraction of sp³-hybridized carbons (Fsp3) is 0.412. The Morgan fingerprint density at radius 1 is 1.36 bits per heavy atom. The second kappa shape index (κ2) is 7.64. The molecule has 1 rings (SSSR count). The van der Waals surface area contributed by atoms with Crippen molar-refractivity contribution in [3.05, 3.63) is 47.5 Å². The summed E-state index contributed by atoms with van der Waals surface area (Å²) in [5.41, 5.74) is 8.05. The Morgan fingerprint density at radius 3 is 2.64 bits per heavy atom. The highest BCUT2D eigenvalue weighted by Gasteiger charge is 2.15.